The van der Waals surface area contributed by atoms with Crippen molar-refractivity contribution in [1.82, 2.24) is 20.9 Å². The van der Waals surface area contributed by atoms with Gasteiger partial charge in [0.15, 0.2) is 0 Å². The summed E-state index contributed by atoms with van der Waals surface area (Å²) in [6.45, 7) is 1.59. The highest BCUT2D eigenvalue weighted by molar-refractivity contribution is 5.90. The number of likely N-dealkylation sites (N-methyl/N-ethyl adjacent to an activating group) is 1. The minimum atomic E-state index is -0.695. The van der Waals surface area contributed by atoms with E-state index in [0.29, 0.717) is 13.0 Å². The van der Waals surface area contributed by atoms with E-state index in [-0.39, 0.29) is 18.4 Å². The molecule has 1 atom stereocenters. The predicted octanol–water partition coefficient (Wildman–Crippen LogP) is 1.44. The Balaban J connectivity index is 0.000000262. The average molecular weight is 425 g/mol. The molecule has 0 fully saturated rings. The Morgan fingerprint density at radius 3 is 2.55 bits per heavy atom. The summed E-state index contributed by atoms with van der Waals surface area (Å²) in [5, 5.41) is 8.10. The molecule has 0 saturated heterocycles. The van der Waals surface area contributed by atoms with Crippen LogP contribution < -0.4 is 16.0 Å². The Bertz CT molecular complexity index is 842. The number of rotatable bonds is 8. The van der Waals surface area contributed by atoms with Crippen LogP contribution in [-0.2, 0) is 27.2 Å². The van der Waals surface area contributed by atoms with Crippen molar-refractivity contribution in [2.75, 3.05) is 33.7 Å². The lowest BCUT2D eigenvalue weighted by Crippen LogP contribution is -2.43. The molecular weight excluding hydrogens is 392 g/mol. The number of hydrogen-bond donors (Lipinski definition) is 3. The quantitative estimate of drug-likeness (QED) is 0.442. The molecule has 3 N–H and O–H groups in total. The third-order valence-corrected chi connectivity index (χ3v) is 5.09. The van der Waals surface area contributed by atoms with Crippen LogP contribution in [0.15, 0.2) is 54.6 Å². The molecule has 2 aromatic rings. The number of hydrogen-bond acceptors (Lipinski definition) is 4. The summed E-state index contributed by atoms with van der Waals surface area (Å²) >= 11 is 0. The highest BCUT2D eigenvalue weighted by Crippen LogP contribution is 2.24. The third kappa shape index (κ3) is 7.86. The minimum absolute atomic E-state index is 0.140. The van der Waals surface area contributed by atoms with E-state index in [0.717, 1.165) is 24.1 Å². The van der Waals surface area contributed by atoms with Gasteiger partial charge >= 0.3 is 0 Å². The zero-order valence-corrected chi connectivity index (χ0v) is 18.3. The predicted molar refractivity (Wildman–Crippen MR) is 121 cm³/mol. The van der Waals surface area contributed by atoms with Crippen molar-refractivity contribution in [3.8, 4) is 0 Å². The number of fused-ring (bicyclic) bond motifs is 1. The molecule has 0 aliphatic carbocycles. The van der Waals surface area contributed by atoms with E-state index in [1.54, 1.807) is 11.9 Å². The van der Waals surface area contributed by atoms with Crippen molar-refractivity contribution in [3.05, 3.63) is 71.3 Å². The summed E-state index contributed by atoms with van der Waals surface area (Å²) in [4.78, 5) is 35.9. The van der Waals surface area contributed by atoms with Gasteiger partial charge in [0.25, 0.3) is 0 Å². The van der Waals surface area contributed by atoms with E-state index >= 15 is 0 Å². The molecule has 0 radical (unpaired) electrons. The van der Waals surface area contributed by atoms with E-state index in [1.807, 2.05) is 31.3 Å². The van der Waals surface area contributed by atoms with Crippen LogP contribution in [-0.4, -0.2) is 56.9 Å². The monoisotopic (exact) mass is 424 g/mol. The van der Waals surface area contributed by atoms with Gasteiger partial charge in [0, 0.05) is 13.6 Å². The zero-order valence-electron chi connectivity index (χ0n) is 18.3. The van der Waals surface area contributed by atoms with Crippen LogP contribution in [0.2, 0.25) is 0 Å². The van der Waals surface area contributed by atoms with Crippen LogP contribution in [0.3, 0.4) is 0 Å². The van der Waals surface area contributed by atoms with E-state index in [1.165, 1.54) is 18.4 Å². The Kier molecular flexibility index (Phi) is 10.2. The smallest absolute Gasteiger partial charge is 0.249 e. The first-order chi connectivity index (χ1) is 15.1. The highest BCUT2D eigenvalue weighted by Gasteiger charge is 2.29. The van der Waals surface area contributed by atoms with Gasteiger partial charge < -0.3 is 20.9 Å². The van der Waals surface area contributed by atoms with Gasteiger partial charge in [-0.05, 0) is 49.5 Å². The Labute approximate surface area is 184 Å². The molecule has 7 nitrogen and oxygen atoms in total. The van der Waals surface area contributed by atoms with Crippen molar-refractivity contribution in [1.29, 1.82) is 0 Å². The number of nitrogens with one attached hydrogen (secondary N) is 3. The van der Waals surface area contributed by atoms with Crippen LogP contribution >= 0.6 is 0 Å². The number of amides is 3. The molecule has 31 heavy (non-hydrogen) atoms. The molecule has 3 rings (SSSR count). The molecule has 0 bridgehead atoms. The topological polar surface area (TPSA) is 90.5 Å². The van der Waals surface area contributed by atoms with Crippen molar-refractivity contribution < 1.29 is 14.4 Å². The second-order valence-electron chi connectivity index (χ2n) is 7.40. The van der Waals surface area contributed by atoms with Gasteiger partial charge in [-0.1, -0.05) is 54.6 Å². The standard InChI is InChI=1S/C14H17N3O3.C10H15N/c1-17-7-6-10-4-2-3-5-11(10)13(14(17)20)16-12(19)8-15-9-18;1-11-9-5-8-10-6-3-2-4-7-10/h2-5,9,13H,6-8H2,1H3,(H,15,18)(H,16,19);2-4,6-7,11H,5,8-9H2,1H3. The largest absolute Gasteiger partial charge is 0.350 e. The molecule has 2 aromatic carbocycles. The molecule has 0 aromatic heterocycles. The molecule has 1 heterocycles. The lowest BCUT2D eigenvalue weighted by molar-refractivity contribution is -0.135. The van der Waals surface area contributed by atoms with Gasteiger partial charge in [-0.15, -0.1) is 0 Å². The number of nitrogens with zero attached hydrogens (tertiary/aromatic N) is 1. The third-order valence-electron chi connectivity index (χ3n) is 5.09. The maximum atomic E-state index is 12.3. The fourth-order valence-electron chi connectivity index (χ4n) is 3.40. The van der Waals surface area contributed by atoms with Gasteiger partial charge in [-0.3, -0.25) is 14.4 Å². The summed E-state index contributed by atoms with van der Waals surface area (Å²) in [6.07, 6.45) is 3.62. The number of carbonyl (C=O) groups is 3. The Morgan fingerprint density at radius 2 is 1.84 bits per heavy atom. The van der Waals surface area contributed by atoms with Gasteiger partial charge in [0.05, 0.1) is 6.54 Å². The molecule has 166 valence electrons. The molecule has 0 spiro atoms. The first-order valence-electron chi connectivity index (χ1n) is 10.5. The first kappa shape index (κ1) is 24.1. The molecule has 1 aliphatic rings. The number of carbonyl (C=O) groups excluding carboxylic acids is 3. The summed E-state index contributed by atoms with van der Waals surface area (Å²) < 4.78 is 0. The molecule has 1 unspecified atom stereocenters. The van der Waals surface area contributed by atoms with Crippen LogP contribution in [0.25, 0.3) is 0 Å². The normalized spacial score (nSPS) is 15.1. The number of aryl methyl sites for hydroxylation is 1. The first-order valence-corrected chi connectivity index (χ1v) is 10.5. The van der Waals surface area contributed by atoms with Gasteiger partial charge in [0.1, 0.15) is 6.04 Å². The summed E-state index contributed by atoms with van der Waals surface area (Å²) in [6, 6.07) is 17.5. The maximum Gasteiger partial charge on any atom is 0.249 e. The van der Waals surface area contributed by atoms with Gasteiger partial charge in [0.2, 0.25) is 18.2 Å². The minimum Gasteiger partial charge on any atom is -0.350 e. The molecule has 1 aliphatic heterocycles. The van der Waals surface area contributed by atoms with Crippen LogP contribution in [0.5, 0.6) is 0 Å². The zero-order chi connectivity index (χ0) is 22.5. The van der Waals surface area contributed by atoms with E-state index in [9.17, 15) is 14.4 Å². The van der Waals surface area contributed by atoms with Gasteiger partial charge in [-0.25, -0.2) is 0 Å². The highest BCUT2D eigenvalue weighted by atomic mass is 16.2. The van der Waals surface area contributed by atoms with E-state index in [4.69, 9.17) is 0 Å². The van der Waals surface area contributed by atoms with Gasteiger partial charge in [-0.2, -0.15) is 0 Å². The van der Waals surface area contributed by atoms with Crippen molar-refractivity contribution >= 4 is 18.2 Å². The lowest BCUT2D eigenvalue weighted by atomic mass is 9.99. The molecule has 7 heteroatoms. The average Bonchev–Trinajstić information content (AvgIpc) is 2.91. The second-order valence-corrected chi connectivity index (χ2v) is 7.40. The van der Waals surface area contributed by atoms with Crippen molar-refractivity contribution in [3.63, 3.8) is 0 Å². The molecular formula is C24H32N4O3. The maximum absolute atomic E-state index is 12.3. The number of benzene rings is 2. The SMILES string of the molecule is CN1CCc2ccccc2C(NC(=O)CNC=O)C1=O.CNCCCc1ccccc1. The van der Waals surface area contributed by atoms with Crippen LogP contribution in [0, 0.1) is 0 Å². The summed E-state index contributed by atoms with van der Waals surface area (Å²) in [7, 11) is 3.71. The Hall–Kier alpha value is -3.19. The second kappa shape index (κ2) is 13.2. The molecule has 0 saturated carbocycles. The van der Waals surface area contributed by atoms with Crippen LogP contribution in [0.1, 0.15) is 29.2 Å². The fraction of sp³-hybridized carbons (Fsp3) is 0.375. The van der Waals surface area contributed by atoms with E-state index in [2.05, 4.69) is 46.3 Å². The fourth-order valence-corrected chi connectivity index (χ4v) is 3.40. The lowest BCUT2D eigenvalue weighted by Gasteiger charge is -2.22. The Morgan fingerprint density at radius 1 is 1.13 bits per heavy atom. The van der Waals surface area contributed by atoms with Crippen LogP contribution in [0.4, 0.5) is 0 Å². The molecule has 3 amide bonds. The summed E-state index contributed by atoms with van der Waals surface area (Å²) in [5.74, 6) is -0.532. The summed E-state index contributed by atoms with van der Waals surface area (Å²) in [5.41, 5.74) is 3.31. The van der Waals surface area contributed by atoms with E-state index < -0.39 is 6.04 Å². The van der Waals surface area contributed by atoms with Crippen molar-refractivity contribution in [2.24, 2.45) is 0 Å². The van der Waals surface area contributed by atoms with Crippen molar-refractivity contribution in [2.45, 2.75) is 25.3 Å².